The minimum absolute atomic E-state index is 0.00831. The second-order valence-electron chi connectivity index (χ2n) is 26.8. The minimum atomic E-state index is -0.672. The summed E-state index contributed by atoms with van der Waals surface area (Å²) in [7, 11) is 7.03. The number of carbonyl (C=O) groups excluding carboxylic acids is 6. The number of nitrogens with one attached hydrogen (secondary N) is 1. The van der Waals surface area contributed by atoms with Gasteiger partial charge in [-0.05, 0) is 141 Å². The quantitative estimate of drug-likeness (QED) is 0.106. The van der Waals surface area contributed by atoms with Gasteiger partial charge in [-0.25, -0.2) is 39.1 Å². The Kier molecular flexibility index (Phi) is 19.2. The van der Waals surface area contributed by atoms with E-state index in [0.717, 1.165) is 67.0 Å². The Morgan fingerprint density at radius 3 is 1.47 bits per heavy atom. The number of carbonyl (C=O) groups is 6. The van der Waals surface area contributed by atoms with E-state index in [0.29, 0.717) is 118 Å². The average molecular weight is 1270 g/mol. The van der Waals surface area contributed by atoms with Crippen LogP contribution in [0.5, 0.6) is 0 Å². The monoisotopic (exact) mass is 1270 g/mol. The van der Waals surface area contributed by atoms with Crippen LogP contribution in [0.3, 0.4) is 0 Å². The first-order valence-corrected chi connectivity index (χ1v) is 31.8. The van der Waals surface area contributed by atoms with Crippen molar-refractivity contribution in [2.45, 2.75) is 166 Å². The number of nitrogen functional groups attached to an aromatic ring is 1. The fourth-order valence-electron chi connectivity index (χ4n) is 12.7. The minimum Gasteiger partial charge on any atom is -0.444 e. The molecule has 26 nitrogen and oxygen atoms in total. The first kappa shape index (κ1) is 65.4. The number of aromatic nitrogens is 8. The number of nitrogens with zero attached hydrogens (tertiary/aromatic N) is 14. The topological polar surface area (TPSA) is 284 Å². The van der Waals surface area contributed by atoms with Crippen molar-refractivity contribution in [1.29, 1.82) is 0 Å². The summed E-state index contributed by atoms with van der Waals surface area (Å²) >= 11 is 5.92. The van der Waals surface area contributed by atoms with Gasteiger partial charge < -0.3 is 58.7 Å². The molecule has 6 aliphatic rings. The van der Waals surface area contributed by atoms with E-state index in [4.69, 9.17) is 41.3 Å². The second kappa shape index (κ2) is 26.7. The molecule has 488 valence electrons. The molecule has 0 bridgehead atoms. The highest BCUT2D eigenvalue weighted by Gasteiger charge is 2.49. The van der Waals surface area contributed by atoms with Gasteiger partial charge in [-0.15, -0.1) is 0 Å². The number of amides is 6. The van der Waals surface area contributed by atoms with Crippen LogP contribution in [0.25, 0.3) is 22.1 Å². The third kappa shape index (κ3) is 15.3. The fraction of sp³-hybridized carbons (Fsp3) is 0.562. The van der Waals surface area contributed by atoms with Gasteiger partial charge in [0.05, 0.1) is 36.9 Å². The summed E-state index contributed by atoms with van der Waals surface area (Å²) in [5, 5.41) is 5.08. The number of rotatable bonds is 8. The maximum atomic E-state index is 13.0. The third-order valence-electron chi connectivity index (χ3n) is 17.2. The van der Waals surface area contributed by atoms with Crippen LogP contribution >= 0.6 is 11.6 Å². The van der Waals surface area contributed by atoms with Gasteiger partial charge in [0.1, 0.15) is 56.7 Å². The van der Waals surface area contributed by atoms with Crippen LogP contribution < -0.4 is 20.9 Å². The summed E-state index contributed by atoms with van der Waals surface area (Å²) in [6.45, 7) is 14.0. The Hall–Kier alpha value is -8.55. The van der Waals surface area contributed by atoms with E-state index < -0.39 is 28.5 Å². The van der Waals surface area contributed by atoms with Crippen molar-refractivity contribution < 1.29 is 47.7 Å². The van der Waals surface area contributed by atoms with Gasteiger partial charge in [-0.2, -0.15) is 9.97 Å². The SMILES string of the molecule is CC(C)(C)OC(=O)N1CCC[C@]2(CC1)CN(c1ccc(N)nc1)C(=O)O2.CN(C)C(=O)c1cc2cnc(Cl)nc2n1C1CCCC1.CN(C)C(=O)c1cc2cnc(Nc3ccc(N4C[C@@]5(CCCN(C(=O)OC(C)(C)C)CC5)OC4=O)cn3)nc2n1C1CCCC1. The molecule has 2 aliphatic carbocycles. The van der Waals surface area contributed by atoms with Gasteiger partial charge in [0.25, 0.3) is 11.8 Å². The molecular weight excluding hydrogens is 1190 g/mol. The summed E-state index contributed by atoms with van der Waals surface area (Å²) < 4.78 is 26.8. The molecule has 4 saturated heterocycles. The van der Waals surface area contributed by atoms with Crippen molar-refractivity contribution in [1.82, 2.24) is 58.6 Å². The lowest BCUT2D eigenvalue weighted by Gasteiger charge is -2.27. The zero-order valence-corrected chi connectivity index (χ0v) is 54.6. The van der Waals surface area contributed by atoms with Crippen molar-refractivity contribution in [3.05, 3.63) is 77.9 Å². The summed E-state index contributed by atoms with van der Waals surface area (Å²) in [5.74, 6) is 1.23. The van der Waals surface area contributed by atoms with Crippen LogP contribution in [-0.2, 0) is 18.9 Å². The summed E-state index contributed by atoms with van der Waals surface area (Å²) in [6, 6.07) is 11.3. The van der Waals surface area contributed by atoms with Crippen LogP contribution in [-0.4, -0.2) is 185 Å². The van der Waals surface area contributed by atoms with E-state index in [1.54, 1.807) is 101 Å². The Morgan fingerprint density at radius 1 is 0.593 bits per heavy atom. The Morgan fingerprint density at radius 2 is 1.04 bits per heavy atom. The average Bonchev–Trinajstić information content (AvgIpc) is 1.65. The summed E-state index contributed by atoms with van der Waals surface area (Å²) in [5.41, 5.74) is 7.32. The lowest BCUT2D eigenvalue weighted by Crippen LogP contribution is -2.39. The number of pyridine rings is 2. The van der Waals surface area contributed by atoms with E-state index in [-0.39, 0.29) is 41.4 Å². The Bertz CT molecular complexity index is 3650. The molecular formula is C64H85ClN16O10. The fourth-order valence-corrected chi connectivity index (χ4v) is 12.8. The second-order valence-corrected chi connectivity index (χ2v) is 27.2. The van der Waals surface area contributed by atoms with Crippen LogP contribution in [0.4, 0.5) is 48.1 Å². The normalized spacial score (nSPS) is 20.6. The number of nitrogens with two attached hydrogens (primary N) is 1. The smallest absolute Gasteiger partial charge is 0.415 e. The van der Waals surface area contributed by atoms with Crippen LogP contribution in [0.15, 0.2) is 61.2 Å². The van der Waals surface area contributed by atoms with Crippen molar-refractivity contribution >= 4 is 98.8 Å². The number of hydrogen-bond acceptors (Lipinski definition) is 18. The maximum absolute atomic E-state index is 13.0. The maximum Gasteiger partial charge on any atom is 0.415 e. The Balaban J connectivity index is 0.000000166. The molecule has 2 atom stereocenters. The van der Waals surface area contributed by atoms with Gasteiger partial charge >= 0.3 is 24.4 Å². The third-order valence-corrected chi connectivity index (χ3v) is 17.4. The summed E-state index contributed by atoms with van der Waals surface area (Å²) in [4.78, 5) is 112. The lowest BCUT2D eigenvalue weighted by atomic mass is 9.95. The molecule has 2 saturated carbocycles. The number of likely N-dealkylation sites (tertiary alicyclic amines) is 2. The molecule has 27 heteroatoms. The van der Waals surface area contributed by atoms with E-state index in [1.165, 1.54) is 12.8 Å². The lowest BCUT2D eigenvalue weighted by molar-refractivity contribution is 0.0202. The Labute approximate surface area is 535 Å². The van der Waals surface area contributed by atoms with Gasteiger partial charge in [0, 0.05) is 102 Å². The highest BCUT2D eigenvalue weighted by molar-refractivity contribution is 6.28. The first-order valence-electron chi connectivity index (χ1n) is 31.4. The van der Waals surface area contributed by atoms with Gasteiger partial charge in [-0.1, -0.05) is 25.7 Å². The zero-order chi connectivity index (χ0) is 65.2. The summed E-state index contributed by atoms with van der Waals surface area (Å²) in [6.07, 6.45) is 17.9. The number of fused-ring (bicyclic) bond motifs is 2. The van der Waals surface area contributed by atoms with Crippen LogP contribution in [0.2, 0.25) is 5.28 Å². The van der Waals surface area contributed by atoms with Gasteiger partial charge in [0.2, 0.25) is 11.2 Å². The molecule has 6 fully saturated rings. The highest BCUT2D eigenvalue weighted by atomic mass is 35.5. The number of ether oxygens (including phenoxy) is 4. The molecule has 6 aromatic rings. The molecule has 3 N–H and O–H groups in total. The van der Waals surface area contributed by atoms with Gasteiger partial charge in [-0.3, -0.25) is 19.4 Å². The molecule has 6 aromatic heterocycles. The van der Waals surface area contributed by atoms with E-state index >= 15 is 0 Å². The van der Waals surface area contributed by atoms with E-state index in [1.807, 2.05) is 59.7 Å². The molecule has 0 aromatic carbocycles. The number of hydrogen-bond donors (Lipinski definition) is 2. The number of anilines is 5. The molecule has 0 unspecified atom stereocenters. The largest absolute Gasteiger partial charge is 0.444 e. The standard InChI is InChI=1S/C32H42N8O5.C18H26N4O4.C14H17ClN4O/c1-31(2,3)44-29(42)38-15-8-13-32(14-16-38)20-39(30(43)45-32)23-11-12-25(33-19-23)35-28-34-18-21-17-24(27(41)37(4)5)40(26(21)36-28)22-9-6-7-10-22;1-17(2,3)25-15(23)21-9-4-7-18(8-10-21)12-22(16(24)26-18)13-5-6-14(19)20-11-13;1-18(2)13(20)11-7-9-8-16-14(15)17-12(9)19(11)10-5-3-4-6-10/h11-12,17-19,22H,6-10,13-16,20H2,1-5H3,(H,33,34,35,36);5-6,11H,4,7-10,12H2,1-3H3,(H2,19,20);7-8,10H,3-6H2,1-2H3/t32-;18-;/m00./s1. The molecule has 2 spiro atoms. The van der Waals surface area contributed by atoms with Crippen molar-refractivity contribution in [2.24, 2.45) is 0 Å². The molecule has 0 radical (unpaired) electrons. The molecule has 12 rings (SSSR count). The van der Waals surface area contributed by atoms with E-state index in [2.05, 4.69) is 39.4 Å². The van der Waals surface area contributed by atoms with Crippen molar-refractivity contribution in [3.8, 4) is 0 Å². The van der Waals surface area contributed by atoms with Crippen LogP contribution in [0, 0.1) is 0 Å². The number of halogens is 1. The van der Waals surface area contributed by atoms with E-state index in [9.17, 15) is 28.8 Å². The van der Waals surface area contributed by atoms with Gasteiger partial charge in [0.15, 0.2) is 0 Å². The van der Waals surface area contributed by atoms with Crippen molar-refractivity contribution in [3.63, 3.8) is 0 Å². The molecule has 6 amide bonds. The highest BCUT2D eigenvalue weighted by Crippen LogP contribution is 2.40. The van der Waals surface area contributed by atoms with Crippen LogP contribution in [0.1, 0.15) is 164 Å². The molecule has 10 heterocycles. The first-order chi connectivity index (χ1) is 43.2. The predicted molar refractivity (Wildman–Crippen MR) is 344 cm³/mol. The molecule has 4 aliphatic heterocycles. The predicted octanol–water partition coefficient (Wildman–Crippen LogP) is 11.2. The molecule has 91 heavy (non-hydrogen) atoms. The van der Waals surface area contributed by atoms with Crippen molar-refractivity contribution in [2.75, 3.05) is 88.3 Å². The zero-order valence-electron chi connectivity index (χ0n) is 53.9.